The van der Waals surface area contributed by atoms with Crippen LogP contribution in [0.3, 0.4) is 0 Å². The molecule has 2 aromatic rings. The van der Waals surface area contributed by atoms with Crippen molar-refractivity contribution in [2.75, 3.05) is 6.26 Å². The Morgan fingerprint density at radius 1 is 1.11 bits per heavy atom. The molecule has 0 spiro atoms. The van der Waals surface area contributed by atoms with E-state index in [9.17, 15) is 8.42 Å². The van der Waals surface area contributed by atoms with Crippen LogP contribution in [0.2, 0.25) is 0 Å². The van der Waals surface area contributed by atoms with Crippen LogP contribution in [0.25, 0.3) is 11.1 Å². The Balaban J connectivity index is 2.56. The van der Waals surface area contributed by atoms with Crippen LogP contribution in [0.4, 0.5) is 0 Å². The fourth-order valence-electron chi connectivity index (χ4n) is 2.03. The Hall–Kier alpha value is -1.13. The van der Waals surface area contributed by atoms with Gasteiger partial charge in [0.05, 0.1) is 5.75 Å². The number of benzene rings is 2. The van der Waals surface area contributed by atoms with Crippen molar-refractivity contribution >= 4 is 25.8 Å². The van der Waals surface area contributed by atoms with Crippen LogP contribution in [0.5, 0.6) is 0 Å². The van der Waals surface area contributed by atoms with Gasteiger partial charge in [0.25, 0.3) is 0 Å². The zero-order chi connectivity index (χ0) is 13.9. The van der Waals surface area contributed by atoms with Crippen LogP contribution >= 0.6 is 15.9 Å². The molecule has 2 nitrogen and oxygen atoms in total. The van der Waals surface area contributed by atoms with Gasteiger partial charge in [-0.3, -0.25) is 0 Å². The molecule has 0 bridgehead atoms. The van der Waals surface area contributed by atoms with Crippen LogP contribution < -0.4 is 0 Å². The van der Waals surface area contributed by atoms with Crippen molar-refractivity contribution < 1.29 is 8.42 Å². The molecular weight excluding hydrogens is 324 g/mol. The first-order chi connectivity index (χ1) is 9.01. The summed E-state index contributed by atoms with van der Waals surface area (Å²) in [6, 6.07) is 16.6. The summed E-state index contributed by atoms with van der Waals surface area (Å²) in [6.45, 7) is 0. The first kappa shape index (κ1) is 14.3. The lowest BCUT2D eigenvalue weighted by atomic mass is 9.97. The van der Waals surface area contributed by atoms with Crippen molar-refractivity contribution in [1.29, 1.82) is 0 Å². The maximum atomic E-state index is 11.5. The zero-order valence-corrected chi connectivity index (χ0v) is 13.0. The average Bonchev–Trinajstić information content (AvgIpc) is 2.37. The normalized spacial score (nSPS) is 11.5. The van der Waals surface area contributed by atoms with Gasteiger partial charge in [-0.1, -0.05) is 58.4 Å². The summed E-state index contributed by atoms with van der Waals surface area (Å²) in [5.41, 5.74) is 3.84. The Kier molecular flexibility index (Phi) is 4.42. The average molecular weight is 338 g/mol. The molecule has 1 radical (unpaired) electrons. The third-order valence-corrected chi connectivity index (χ3v) is 4.20. The number of halogens is 1. The van der Waals surface area contributed by atoms with E-state index in [0.29, 0.717) is 5.33 Å². The molecule has 0 aromatic heterocycles. The minimum atomic E-state index is -3.05. The SMILES string of the molecule is CS(=O)(=O)Cc1ccccc1-c1ccc[c]c1CBr. The molecule has 0 unspecified atom stereocenters. The van der Waals surface area contributed by atoms with Crippen molar-refractivity contribution in [2.24, 2.45) is 0 Å². The highest BCUT2D eigenvalue weighted by molar-refractivity contribution is 9.08. The van der Waals surface area contributed by atoms with E-state index in [2.05, 4.69) is 22.0 Å². The summed E-state index contributed by atoms with van der Waals surface area (Å²) >= 11 is 3.44. The number of sulfone groups is 1. The molecule has 2 rings (SSSR count). The minimum absolute atomic E-state index is 0.0554. The minimum Gasteiger partial charge on any atom is -0.229 e. The van der Waals surface area contributed by atoms with E-state index < -0.39 is 9.84 Å². The Labute approximate surface area is 122 Å². The number of hydrogen-bond acceptors (Lipinski definition) is 2. The molecule has 0 atom stereocenters. The maximum Gasteiger partial charge on any atom is 0.151 e. The molecule has 0 aliphatic heterocycles. The van der Waals surface area contributed by atoms with Gasteiger partial charge in [0.15, 0.2) is 9.84 Å². The fourth-order valence-corrected chi connectivity index (χ4v) is 3.31. The summed E-state index contributed by atoms with van der Waals surface area (Å²) in [6.07, 6.45) is 1.26. The van der Waals surface area contributed by atoms with E-state index in [4.69, 9.17) is 0 Å². The molecule has 0 fully saturated rings. The lowest BCUT2D eigenvalue weighted by Gasteiger charge is -2.12. The third kappa shape index (κ3) is 3.67. The molecule has 0 saturated carbocycles. The summed E-state index contributed by atoms with van der Waals surface area (Å²) in [5, 5.41) is 0.691. The highest BCUT2D eigenvalue weighted by Gasteiger charge is 2.12. The predicted octanol–water partition coefficient (Wildman–Crippen LogP) is 3.59. The van der Waals surface area contributed by atoms with Crippen molar-refractivity contribution in [2.45, 2.75) is 11.1 Å². The van der Waals surface area contributed by atoms with Gasteiger partial charge in [-0.2, -0.15) is 0 Å². The van der Waals surface area contributed by atoms with Crippen molar-refractivity contribution in [1.82, 2.24) is 0 Å². The maximum absolute atomic E-state index is 11.5. The second kappa shape index (κ2) is 5.88. The molecule has 0 saturated heterocycles. The third-order valence-electron chi connectivity index (χ3n) is 2.80. The lowest BCUT2D eigenvalue weighted by Crippen LogP contribution is -2.02. The molecule has 0 heterocycles. The van der Waals surface area contributed by atoms with Gasteiger partial charge in [0.2, 0.25) is 0 Å². The van der Waals surface area contributed by atoms with E-state index in [1.807, 2.05) is 42.5 Å². The van der Waals surface area contributed by atoms with Gasteiger partial charge < -0.3 is 0 Å². The second-order valence-electron chi connectivity index (χ2n) is 4.42. The van der Waals surface area contributed by atoms with Gasteiger partial charge in [-0.15, -0.1) is 0 Å². The molecule has 0 aliphatic carbocycles. The van der Waals surface area contributed by atoms with Gasteiger partial charge in [-0.25, -0.2) is 8.42 Å². The van der Waals surface area contributed by atoms with Crippen LogP contribution in [0.1, 0.15) is 11.1 Å². The Morgan fingerprint density at radius 3 is 2.47 bits per heavy atom. The predicted molar refractivity (Wildman–Crippen MR) is 81.9 cm³/mol. The lowest BCUT2D eigenvalue weighted by molar-refractivity contribution is 0.601. The van der Waals surface area contributed by atoms with Crippen LogP contribution in [0, 0.1) is 6.07 Å². The number of alkyl halides is 1. The number of rotatable bonds is 4. The first-order valence-electron chi connectivity index (χ1n) is 5.83. The smallest absolute Gasteiger partial charge is 0.151 e. The van der Waals surface area contributed by atoms with E-state index in [1.165, 1.54) is 6.26 Å². The first-order valence-corrected chi connectivity index (χ1v) is 9.01. The molecule has 0 aliphatic rings. The van der Waals surface area contributed by atoms with Gasteiger partial charge >= 0.3 is 0 Å². The monoisotopic (exact) mass is 337 g/mol. The second-order valence-corrected chi connectivity index (χ2v) is 7.12. The summed E-state index contributed by atoms with van der Waals surface area (Å²) < 4.78 is 23.0. The largest absolute Gasteiger partial charge is 0.229 e. The van der Waals surface area contributed by atoms with E-state index in [0.717, 1.165) is 22.3 Å². The fraction of sp³-hybridized carbons (Fsp3) is 0.200. The zero-order valence-electron chi connectivity index (χ0n) is 10.6. The van der Waals surface area contributed by atoms with Crippen LogP contribution in [-0.2, 0) is 20.9 Å². The molecule has 19 heavy (non-hydrogen) atoms. The molecular formula is C15H14BrO2S. The molecule has 4 heteroatoms. The van der Waals surface area contributed by atoms with Crippen molar-refractivity contribution in [3.8, 4) is 11.1 Å². The summed E-state index contributed by atoms with van der Waals surface area (Å²) in [5.74, 6) is 0.0554. The topological polar surface area (TPSA) is 34.1 Å². The number of hydrogen-bond donors (Lipinski definition) is 0. The molecule has 0 amide bonds. The van der Waals surface area contributed by atoms with Gasteiger partial charge in [0.1, 0.15) is 0 Å². The Morgan fingerprint density at radius 2 is 1.79 bits per heavy atom. The van der Waals surface area contributed by atoms with E-state index in [-0.39, 0.29) is 5.75 Å². The van der Waals surface area contributed by atoms with Gasteiger partial charge in [-0.05, 0) is 28.3 Å². The van der Waals surface area contributed by atoms with Crippen molar-refractivity contribution in [3.63, 3.8) is 0 Å². The van der Waals surface area contributed by atoms with Crippen LogP contribution in [0.15, 0.2) is 42.5 Å². The van der Waals surface area contributed by atoms with E-state index >= 15 is 0 Å². The quantitative estimate of drug-likeness (QED) is 0.799. The van der Waals surface area contributed by atoms with Crippen molar-refractivity contribution in [3.05, 3.63) is 59.7 Å². The highest BCUT2D eigenvalue weighted by Crippen LogP contribution is 2.29. The summed E-state index contributed by atoms with van der Waals surface area (Å²) in [7, 11) is -3.05. The van der Waals surface area contributed by atoms with Crippen LogP contribution in [-0.4, -0.2) is 14.7 Å². The standard InChI is InChI=1S/C15H14BrO2S/c1-19(17,18)11-13-7-3-5-9-15(13)14-8-4-2-6-12(14)10-16/h2-5,7-9H,10-11H2,1H3. The van der Waals surface area contributed by atoms with E-state index in [1.54, 1.807) is 0 Å². The van der Waals surface area contributed by atoms with Gasteiger partial charge in [0, 0.05) is 11.6 Å². The molecule has 2 aromatic carbocycles. The molecule has 99 valence electrons. The highest BCUT2D eigenvalue weighted by atomic mass is 79.9. The summed E-state index contributed by atoms with van der Waals surface area (Å²) in [4.78, 5) is 0. The Bertz CT molecular complexity index is 678. The molecule has 0 N–H and O–H groups in total.